The average Bonchev–Trinajstić information content (AvgIpc) is 2.62. The van der Waals surface area contributed by atoms with E-state index in [4.69, 9.17) is 4.74 Å². The standard InChI is InChI=1S/C20H21FN2O3/c1-2-26-18-12-15(21)8-9-17(18)22-19(24)10-7-14-11-13-5-3-4-6-16(13)23-20(14)25/h3-6,8-9,12,14H,2,7,10-11H2,1H3,(H,22,24)(H,23,25). The third-order valence-corrected chi connectivity index (χ3v) is 4.35. The van der Waals surface area contributed by atoms with Crippen LogP contribution in [-0.2, 0) is 16.0 Å². The van der Waals surface area contributed by atoms with Gasteiger partial charge in [0.1, 0.15) is 11.6 Å². The Bertz CT molecular complexity index is 822. The third-order valence-electron chi connectivity index (χ3n) is 4.35. The number of ether oxygens (including phenoxy) is 1. The van der Waals surface area contributed by atoms with E-state index in [9.17, 15) is 14.0 Å². The van der Waals surface area contributed by atoms with Crippen LogP contribution >= 0.6 is 0 Å². The minimum absolute atomic E-state index is 0.0618. The monoisotopic (exact) mass is 356 g/mol. The Labute approximate surface area is 151 Å². The number of anilines is 2. The molecule has 2 aromatic carbocycles. The van der Waals surface area contributed by atoms with Gasteiger partial charge < -0.3 is 15.4 Å². The van der Waals surface area contributed by atoms with E-state index in [1.165, 1.54) is 18.2 Å². The summed E-state index contributed by atoms with van der Waals surface area (Å²) in [6.45, 7) is 2.16. The number of amides is 2. The van der Waals surface area contributed by atoms with Crippen LogP contribution in [0.2, 0.25) is 0 Å². The van der Waals surface area contributed by atoms with E-state index >= 15 is 0 Å². The summed E-state index contributed by atoms with van der Waals surface area (Å²) >= 11 is 0. The van der Waals surface area contributed by atoms with Gasteiger partial charge in [-0.1, -0.05) is 18.2 Å². The average molecular weight is 356 g/mol. The van der Waals surface area contributed by atoms with Crippen LogP contribution in [0.4, 0.5) is 15.8 Å². The predicted octanol–water partition coefficient (Wildman–Crippen LogP) is 3.75. The fraction of sp³-hybridized carbons (Fsp3) is 0.300. The fourth-order valence-electron chi connectivity index (χ4n) is 3.04. The molecule has 0 bridgehead atoms. The molecular weight excluding hydrogens is 335 g/mol. The van der Waals surface area contributed by atoms with Gasteiger partial charge >= 0.3 is 0 Å². The Morgan fingerprint density at radius 3 is 2.92 bits per heavy atom. The van der Waals surface area contributed by atoms with E-state index in [2.05, 4.69) is 10.6 Å². The molecule has 6 heteroatoms. The lowest BCUT2D eigenvalue weighted by Crippen LogP contribution is -2.30. The molecule has 26 heavy (non-hydrogen) atoms. The maximum atomic E-state index is 13.3. The number of hydrogen-bond acceptors (Lipinski definition) is 3. The Morgan fingerprint density at radius 2 is 2.12 bits per heavy atom. The zero-order valence-corrected chi connectivity index (χ0v) is 14.5. The van der Waals surface area contributed by atoms with E-state index in [1.54, 1.807) is 6.92 Å². The van der Waals surface area contributed by atoms with Crippen LogP contribution in [0.25, 0.3) is 0 Å². The molecule has 2 amide bonds. The smallest absolute Gasteiger partial charge is 0.227 e. The van der Waals surface area contributed by atoms with Gasteiger partial charge in [-0.05, 0) is 43.5 Å². The van der Waals surface area contributed by atoms with Crippen LogP contribution in [0.15, 0.2) is 42.5 Å². The van der Waals surface area contributed by atoms with Crippen molar-refractivity contribution in [2.45, 2.75) is 26.2 Å². The molecule has 0 spiro atoms. The molecule has 0 radical (unpaired) electrons. The zero-order valence-electron chi connectivity index (χ0n) is 14.5. The maximum Gasteiger partial charge on any atom is 0.227 e. The first-order valence-corrected chi connectivity index (χ1v) is 8.67. The lowest BCUT2D eigenvalue weighted by molar-refractivity contribution is -0.121. The van der Waals surface area contributed by atoms with Gasteiger partial charge in [-0.15, -0.1) is 0 Å². The summed E-state index contributed by atoms with van der Waals surface area (Å²) in [6.07, 6.45) is 1.26. The van der Waals surface area contributed by atoms with Crippen LogP contribution in [0, 0.1) is 11.7 Å². The van der Waals surface area contributed by atoms with Crippen molar-refractivity contribution < 1.29 is 18.7 Å². The van der Waals surface area contributed by atoms with Crippen molar-refractivity contribution >= 4 is 23.2 Å². The summed E-state index contributed by atoms with van der Waals surface area (Å²) < 4.78 is 18.7. The van der Waals surface area contributed by atoms with Crippen molar-refractivity contribution in [3.63, 3.8) is 0 Å². The Morgan fingerprint density at radius 1 is 1.31 bits per heavy atom. The SMILES string of the molecule is CCOc1cc(F)ccc1NC(=O)CCC1Cc2ccccc2NC1=O. The van der Waals surface area contributed by atoms with Crippen molar-refractivity contribution in [3.8, 4) is 5.75 Å². The van der Waals surface area contributed by atoms with Gasteiger partial charge in [0.05, 0.1) is 12.3 Å². The quantitative estimate of drug-likeness (QED) is 0.828. The summed E-state index contributed by atoms with van der Waals surface area (Å²) in [5, 5.41) is 5.62. The van der Waals surface area contributed by atoms with Crippen molar-refractivity contribution in [2.75, 3.05) is 17.2 Å². The van der Waals surface area contributed by atoms with Crippen LogP contribution in [-0.4, -0.2) is 18.4 Å². The summed E-state index contributed by atoms with van der Waals surface area (Å²) in [5.74, 6) is -0.665. The highest BCUT2D eigenvalue weighted by Crippen LogP contribution is 2.29. The van der Waals surface area contributed by atoms with Crippen molar-refractivity contribution in [1.29, 1.82) is 0 Å². The summed E-state index contributed by atoms with van der Waals surface area (Å²) in [7, 11) is 0. The number of benzene rings is 2. The molecule has 1 heterocycles. The molecule has 0 saturated carbocycles. The largest absolute Gasteiger partial charge is 0.492 e. The molecular formula is C20H21FN2O3. The molecule has 1 atom stereocenters. The number of halogens is 1. The van der Waals surface area contributed by atoms with Crippen LogP contribution in [0.3, 0.4) is 0 Å². The van der Waals surface area contributed by atoms with Gasteiger partial charge in [0.15, 0.2) is 0 Å². The van der Waals surface area contributed by atoms with Gasteiger partial charge in [-0.25, -0.2) is 4.39 Å². The molecule has 5 nitrogen and oxygen atoms in total. The first-order chi connectivity index (χ1) is 12.6. The highest BCUT2D eigenvalue weighted by molar-refractivity contribution is 5.97. The van der Waals surface area contributed by atoms with Gasteiger partial charge in [-0.3, -0.25) is 9.59 Å². The van der Waals surface area contributed by atoms with Crippen LogP contribution < -0.4 is 15.4 Å². The van der Waals surface area contributed by atoms with E-state index in [-0.39, 0.29) is 24.2 Å². The van der Waals surface area contributed by atoms with Crippen molar-refractivity contribution in [2.24, 2.45) is 5.92 Å². The molecule has 0 aromatic heterocycles. The van der Waals surface area contributed by atoms with Crippen LogP contribution in [0.1, 0.15) is 25.3 Å². The minimum Gasteiger partial charge on any atom is -0.492 e. The molecule has 0 aliphatic carbocycles. The number of fused-ring (bicyclic) bond motifs is 1. The summed E-state index contributed by atoms with van der Waals surface area (Å²) in [4.78, 5) is 24.5. The van der Waals surface area contributed by atoms with Gasteiger partial charge in [0.2, 0.25) is 11.8 Å². The summed E-state index contributed by atoms with van der Waals surface area (Å²) in [6, 6.07) is 11.7. The first-order valence-electron chi connectivity index (χ1n) is 8.67. The van der Waals surface area contributed by atoms with Crippen LogP contribution in [0.5, 0.6) is 5.75 Å². The minimum atomic E-state index is -0.427. The lowest BCUT2D eigenvalue weighted by atomic mass is 9.89. The van der Waals surface area contributed by atoms with E-state index in [1.807, 2.05) is 24.3 Å². The zero-order chi connectivity index (χ0) is 18.5. The van der Waals surface area contributed by atoms with E-state index in [0.29, 0.717) is 30.9 Å². The second-order valence-electron chi connectivity index (χ2n) is 6.21. The van der Waals surface area contributed by atoms with Crippen molar-refractivity contribution in [1.82, 2.24) is 0 Å². The molecule has 1 aliphatic heterocycles. The Kier molecular flexibility index (Phi) is 5.51. The van der Waals surface area contributed by atoms with E-state index in [0.717, 1.165) is 11.3 Å². The molecule has 1 unspecified atom stereocenters. The Balaban J connectivity index is 1.59. The van der Waals surface area contributed by atoms with Crippen molar-refractivity contribution in [3.05, 3.63) is 53.8 Å². The molecule has 136 valence electrons. The topological polar surface area (TPSA) is 67.4 Å². The summed E-state index contributed by atoms with van der Waals surface area (Å²) in [5.41, 5.74) is 2.34. The second kappa shape index (κ2) is 7.99. The number of nitrogens with one attached hydrogen (secondary N) is 2. The normalized spacial score (nSPS) is 15.8. The second-order valence-corrected chi connectivity index (χ2v) is 6.21. The molecule has 1 aliphatic rings. The highest BCUT2D eigenvalue weighted by atomic mass is 19.1. The number of para-hydroxylation sites is 1. The lowest BCUT2D eigenvalue weighted by Gasteiger charge is -2.24. The maximum absolute atomic E-state index is 13.3. The molecule has 3 rings (SSSR count). The van der Waals surface area contributed by atoms with E-state index < -0.39 is 5.82 Å². The highest BCUT2D eigenvalue weighted by Gasteiger charge is 2.26. The Hall–Kier alpha value is -2.89. The molecule has 0 fully saturated rings. The molecule has 2 aromatic rings. The third kappa shape index (κ3) is 4.20. The number of carbonyl (C=O) groups is 2. The molecule has 2 N–H and O–H groups in total. The van der Waals surface area contributed by atoms with Gasteiger partial charge in [0, 0.05) is 24.1 Å². The number of hydrogen-bond donors (Lipinski definition) is 2. The number of rotatable bonds is 6. The molecule has 0 saturated heterocycles. The fourth-order valence-corrected chi connectivity index (χ4v) is 3.04. The van der Waals surface area contributed by atoms with Gasteiger partial charge in [-0.2, -0.15) is 0 Å². The number of carbonyl (C=O) groups excluding carboxylic acids is 2. The van der Waals surface area contributed by atoms with Gasteiger partial charge in [0.25, 0.3) is 0 Å². The predicted molar refractivity (Wildman–Crippen MR) is 97.7 cm³/mol. The first kappa shape index (κ1) is 17.9.